The summed E-state index contributed by atoms with van der Waals surface area (Å²) in [7, 11) is 0. The molecule has 104 valence electrons. The van der Waals surface area contributed by atoms with Crippen molar-refractivity contribution in [3.63, 3.8) is 0 Å². The van der Waals surface area contributed by atoms with E-state index in [1.54, 1.807) is 0 Å². The van der Waals surface area contributed by atoms with Crippen molar-refractivity contribution in [3.05, 3.63) is 35.4 Å². The van der Waals surface area contributed by atoms with Gasteiger partial charge in [0, 0.05) is 26.2 Å². The van der Waals surface area contributed by atoms with Crippen LogP contribution in [0.5, 0.6) is 0 Å². The SMILES string of the molecule is Cc1ccccc1[C@@H](C)NC(=O)CN1CCNCC1. The molecule has 1 aliphatic rings. The molecule has 1 atom stereocenters. The minimum atomic E-state index is 0.0663. The van der Waals surface area contributed by atoms with Crippen LogP contribution in [0.3, 0.4) is 0 Å². The number of piperazine rings is 1. The molecule has 1 heterocycles. The lowest BCUT2D eigenvalue weighted by molar-refractivity contribution is -0.123. The van der Waals surface area contributed by atoms with E-state index in [1.807, 2.05) is 19.1 Å². The number of hydrogen-bond acceptors (Lipinski definition) is 3. The fraction of sp³-hybridized carbons (Fsp3) is 0.533. The molecular weight excluding hydrogens is 238 g/mol. The van der Waals surface area contributed by atoms with Crippen LogP contribution in [-0.4, -0.2) is 43.5 Å². The number of carbonyl (C=O) groups is 1. The number of benzene rings is 1. The van der Waals surface area contributed by atoms with Gasteiger partial charge in [0.1, 0.15) is 0 Å². The molecule has 4 heteroatoms. The predicted octanol–water partition coefficient (Wildman–Crippen LogP) is 1.08. The van der Waals surface area contributed by atoms with Gasteiger partial charge in [0.05, 0.1) is 12.6 Å². The molecule has 0 unspecified atom stereocenters. The summed E-state index contributed by atoms with van der Waals surface area (Å²) < 4.78 is 0. The van der Waals surface area contributed by atoms with Gasteiger partial charge in [0.2, 0.25) is 5.91 Å². The fourth-order valence-electron chi connectivity index (χ4n) is 2.51. The van der Waals surface area contributed by atoms with Crippen LogP contribution in [0.15, 0.2) is 24.3 Å². The van der Waals surface area contributed by atoms with Crippen LogP contribution in [0.2, 0.25) is 0 Å². The van der Waals surface area contributed by atoms with Gasteiger partial charge < -0.3 is 10.6 Å². The van der Waals surface area contributed by atoms with E-state index in [-0.39, 0.29) is 11.9 Å². The molecule has 0 saturated carbocycles. The second kappa shape index (κ2) is 6.68. The topological polar surface area (TPSA) is 44.4 Å². The maximum Gasteiger partial charge on any atom is 0.234 e. The average molecular weight is 261 g/mol. The first-order valence-electron chi connectivity index (χ1n) is 6.95. The number of amides is 1. The summed E-state index contributed by atoms with van der Waals surface area (Å²) >= 11 is 0. The monoisotopic (exact) mass is 261 g/mol. The van der Waals surface area contributed by atoms with Gasteiger partial charge >= 0.3 is 0 Å². The highest BCUT2D eigenvalue weighted by Gasteiger charge is 2.16. The van der Waals surface area contributed by atoms with Crippen molar-refractivity contribution in [2.75, 3.05) is 32.7 Å². The minimum Gasteiger partial charge on any atom is -0.348 e. The molecule has 0 aromatic heterocycles. The van der Waals surface area contributed by atoms with E-state index in [9.17, 15) is 4.79 Å². The Morgan fingerprint density at radius 2 is 2.05 bits per heavy atom. The third kappa shape index (κ3) is 4.04. The Morgan fingerprint density at radius 3 is 2.74 bits per heavy atom. The van der Waals surface area contributed by atoms with Gasteiger partial charge in [-0.05, 0) is 25.0 Å². The summed E-state index contributed by atoms with van der Waals surface area (Å²) in [6.07, 6.45) is 0. The summed E-state index contributed by atoms with van der Waals surface area (Å²) in [5, 5.41) is 6.37. The van der Waals surface area contributed by atoms with Crippen LogP contribution in [0.1, 0.15) is 24.1 Å². The Labute approximate surface area is 115 Å². The second-order valence-corrected chi connectivity index (χ2v) is 5.17. The van der Waals surface area contributed by atoms with Gasteiger partial charge in [-0.15, -0.1) is 0 Å². The molecule has 1 aromatic rings. The van der Waals surface area contributed by atoms with E-state index in [1.165, 1.54) is 11.1 Å². The van der Waals surface area contributed by atoms with Crippen LogP contribution >= 0.6 is 0 Å². The van der Waals surface area contributed by atoms with E-state index >= 15 is 0 Å². The van der Waals surface area contributed by atoms with E-state index in [2.05, 4.69) is 34.6 Å². The molecule has 1 saturated heterocycles. The van der Waals surface area contributed by atoms with Crippen molar-refractivity contribution < 1.29 is 4.79 Å². The zero-order chi connectivity index (χ0) is 13.7. The van der Waals surface area contributed by atoms with Crippen molar-refractivity contribution in [2.45, 2.75) is 19.9 Å². The zero-order valence-corrected chi connectivity index (χ0v) is 11.8. The van der Waals surface area contributed by atoms with Gasteiger partial charge in [-0.3, -0.25) is 9.69 Å². The van der Waals surface area contributed by atoms with Gasteiger partial charge in [-0.25, -0.2) is 0 Å². The molecular formula is C15H23N3O. The Hall–Kier alpha value is -1.39. The first-order valence-corrected chi connectivity index (χ1v) is 6.95. The molecule has 1 aromatic carbocycles. The second-order valence-electron chi connectivity index (χ2n) is 5.17. The third-order valence-corrected chi connectivity index (χ3v) is 3.61. The maximum absolute atomic E-state index is 12.0. The van der Waals surface area contributed by atoms with E-state index in [4.69, 9.17) is 0 Å². The highest BCUT2D eigenvalue weighted by Crippen LogP contribution is 2.16. The summed E-state index contributed by atoms with van der Waals surface area (Å²) in [6, 6.07) is 8.26. The highest BCUT2D eigenvalue weighted by molar-refractivity contribution is 5.78. The molecule has 0 bridgehead atoms. The van der Waals surface area contributed by atoms with Crippen LogP contribution in [0.25, 0.3) is 0 Å². The van der Waals surface area contributed by atoms with E-state index in [0.717, 1.165) is 26.2 Å². The van der Waals surface area contributed by atoms with Crippen LogP contribution in [-0.2, 0) is 4.79 Å². The summed E-state index contributed by atoms with van der Waals surface area (Å²) in [5.41, 5.74) is 2.41. The molecule has 2 rings (SSSR count). The van der Waals surface area contributed by atoms with Crippen LogP contribution in [0, 0.1) is 6.92 Å². The Kier molecular flexibility index (Phi) is 4.93. The summed E-state index contributed by atoms with van der Waals surface area (Å²) in [4.78, 5) is 14.2. The normalized spacial score (nSPS) is 18.0. The predicted molar refractivity (Wildman–Crippen MR) is 77.0 cm³/mol. The minimum absolute atomic E-state index is 0.0663. The van der Waals surface area contributed by atoms with Crippen LogP contribution in [0.4, 0.5) is 0 Å². The molecule has 0 spiro atoms. The standard InChI is InChI=1S/C15H23N3O/c1-12-5-3-4-6-14(12)13(2)17-15(19)11-18-9-7-16-8-10-18/h3-6,13,16H,7-11H2,1-2H3,(H,17,19)/t13-/m1/s1. The van der Waals surface area contributed by atoms with Gasteiger partial charge in [-0.1, -0.05) is 24.3 Å². The number of rotatable bonds is 4. The Balaban J connectivity index is 1.86. The van der Waals surface area contributed by atoms with Crippen molar-refractivity contribution in [2.24, 2.45) is 0 Å². The Bertz CT molecular complexity index is 427. The van der Waals surface area contributed by atoms with Crippen LogP contribution < -0.4 is 10.6 Å². The number of nitrogens with zero attached hydrogens (tertiary/aromatic N) is 1. The lowest BCUT2D eigenvalue weighted by Gasteiger charge is -2.27. The molecule has 1 aliphatic heterocycles. The van der Waals surface area contributed by atoms with Crippen molar-refractivity contribution in [1.82, 2.24) is 15.5 Å². The van der Waals surface area contributed by atoms with Crippen molar-refractivity contribution in [3.8, 4) is 0 Å². The number of nitrogens with one attached hydrogen (secondary N) is 2. The molecule has 4 nitrogen and oxygen atoms in total. The molecule has 0 aliphatic carbocycles. The van der Waals surface area contributed by atoms with Gasteiger partial charge in [0.15, 0.2) is 0 Å². The molecule has 2 N–H and O–H groups in total. The number of carbonyl (C=O) groups excluding carboxylic acids is 1. The molecule has 0 radical (unpaired) electrons. The van der Waals surface area contributed by atoms with Crippen molar-refractivity contribution in [1.29, 1.82) is 0 Å². The van der Waals surface area contributed by atoms with Crippen molar-refractivity contribution >= 4 is 5.91 Å². The summed E-state index contributed by atoms with van der Waals surface area (Å²) in [6.45, 7) is 8.46. The fourth-order valence-corrected chi connectivity index (χ4v) is 2.51. The quantitative estimate of drug-likeness (QED) is 0.852. The first-order chi connectivity index (χ1) is 9.16. The molecule has 1 fully saturated rings. The van der Waals surface area contributed by atoms with Gasteiger partial charge in [-0.2, -0.15) is 0 Å². The smallest absolute Gasteiger partial charge is 0.234 e. The van der Waals surface area contributed by atoms with E-state index in [0.29, 0.717) is 6.54 Å². The average Bonchev–Trinajstić information content (AvgIpc) is 2.40. The maximum atomic E-state index is 12.0. The lowest BCUT2D eigenvalue weighted by Crippen LogP contribution is -2.47. The number of hydrogen-bond donors (Lipinski definition) is 2. The number of aryl methyl sites for hydroxylation is 1. The lowest BCUT2D eigenvalue weighted by atomic mass is 10.0. The largest absolute Gasteiger partial charge is 0.348 e. The summed E-state index contributed by atoms with van der Waals surface area (Å²) in [5.74, 6) is 0.109. The molecule has 19 heavy (non-hydrogen) atoms. The Morgan fingerprint density at radius 1 is 1.37 bits per heavy atom. The van der Waals surface area contributed by atoms with E-state index < -0.39 is 0 Å². The van der Waals surface area contributed by atoms with Gasteiger partial charge in [0.25, 0.3) is 0 Å². The third-order valence-electron chi connectivity index (χ3n) is 3.61. The molecule has 1 amide bonds. The first kappa shape index (κ1) is 14.0. The zero-order valence-electron chi connectivity index (χ0n) is 11.8. The highest BCUT2D eigenvalue weighted by atomic mass is 16.2.